The minimum atomic E-state index is -0.201. The van der Waals surface area contributed by atoms with Crippen LogP contribution in [0, 0.1) is 0 Å². The molecule has 0 heterocycles. The molecule has 1 aliphatic carbocycles. The molecule has 1 aromatic rings. The molecule has 0 saturated heterocycles. The fourth-order valence-corrected chi connectivity index (χ4v) is 2.59. The first-order valence-electron chi connectivity index (χ1n) is 6.39. The Bertz CT molecular complexity index is 398. The second kappa shape index (κ2) is 5.46. The van der Waals surface area contributed by atoms with Gasteiger partial charge in [-0.3, -0.25) is 4.79 Å². The number of methoxy groups -OCH3 is 1. The van der Waals surface area contributed by atoms with Gasteiger partial charge in [-0.15, -0.1) is 0 Å². The molecule has 92 valence electrons. The molecule has 0 fully saturated rings. The highest BCUT2D eigenvalue weighted by Gasteiger charge is 2.29. The summed E-state index contributed by atoms with van der Waals surface area (Å²) in [7, 11) is 1.63. The number of ketones is 1. The topological polar surface area (TPSA) is 26.3 Å². The van der Waals surface area contributed by atoms with Gasteiger partial charge in [0.1, 0.15) is 6.10 Å². The number of ether oxygens (including phenoxy) is 1. The fourth-order valence-electron chi connectivity index (χ4n) is 2.59. The summed E-state index contributed by atoms with van der Waals surface area (Å²) >= 11 is 0. The van der Waals surface area contributed by atoms with E-state index in [-0.39, 0.29) is 11.9 Å². The maximum atomic E-state index is 12.1. The van der Waals surface area contributed by atoms with E-state index in [2.05, 4.69) is 31.2 Å². The van der Waals surface area contributed by atoms with Crippen LogP contribution in [-0.4, -0.2) is 19.0 Å². The number of fused-ring (bicyclic) bond motifs is 1. The normalized spacial score (nSPS) is 19.3. The Morgan fingerprint density at radius 1 is 1.47 bits per heavy atom. The lowest BCUT2D eigenvalue weighted by Crippen LogP contribution is -2.28. The van der Waals surface area contributed by atoms with Crippen molar-refractivity contribution >= 4 is 5.78 Å². The molecule has 0 saturated carbocycles. The summed E-state index contributed by atoms with van der Waals surface area (Å²) in [6, 6.07) is 8.40. The van der Waals surface area contributed by atoms with Gasteiger partial charge in [0.05, 0.1) is 0 Å². The predicted octanol–water partition coefficient (Wildman–Crippen LogP) is 3.10. The molecular formula is C15H20O2. The van der Waals surface area contributed by atoms with Crippen LogP contribution in [0.4, 0.5) is 0 Å². The van der Waals surface area contributed by atoms with E-state index in [0.717, 1.165) is 19.3 Å². The van der Waals surface area contributed by atoms with Gasteiger partial charge in [-0.05, 0) is 29.9 Å². The Kier molecular flexibility index (Phi) is 3.95. The number of hydrogen-bond donors (Lipinski definition) is 0. The lowest BCUT2D eigenvalue weighted by molar-refractivity contribution is -0.129. The van der Waals surface area contributed by atoms with Crippen LogP contribution in [0.5, 0.6) is 0 Å². The van der Waals surface area contributed by atoms with Gasteiger partial charge in [-0.1, -0.05) is 37.6 Å². The molecule has 2 heteroatoms. The van der Waals surface area contributed by atoms with Crippen LogP contribution in [0.2, 0.25) is 0 Å². The molecule has 0 radical (unpaired) electrons. The Morgan fingerprint density at radius 3 is 2.88 bits per heavy atom. The Hall–Kier alpha value is -1.15. The quantitative estimate of drug-likeness (QED) is 0.753. The molecule has 0 amide bonds. The van der Waals surface area contributed by atoms with Crippen LogP contribution < -0.4 is 0 Å². The average molecular weight is 232 g/mol. The lowest BCUT2D eigenvalue weighted by atomic mass is 9.74. The van der Waals surface area contributed by atoms with Gasteiger partial charge >= 0.3 is 0 Å². The molecule has 0 N–H and O–H groups in total. The van der Waals surface area contributed by atoms with Crippen molar-refractivity contribution in [1.29, 1.82) is 0 Å². The van der Waals surface area contributed by atoms with E-state index in [0.29, 0.717) is 12.3 Å². The van der Waals surface area contributed by atoms with Gasteiger partial charge in [0.2, 0.25) is 0 Å². The summed E-state index contributed by atoms with van der Waals surface area (Å²) in [6.45, 7) is 2.08. The summed E-state index contributed by atoms with van der Waals surface area (Å²) in [6.07, 6.45) is 3.31. The van der Waals surface area contributed by atoms with Crippen LogP contribution >= 0.6 is 0 Å². The number of rotatable bonds is 6. The second-order valence-electron chi connectivity index (χ2n) is 4.78. The van der Waals surface area contributed by atoms with Crippen molar-refractivity contribution in [2.75, 3.05) is 7.11 Å². The molecule has 2 nitrogen and oxygen atoms in total. The standard InChI is InChI=1S/C15H20O2/c1-3-6-15(17-2)14(16)10-12-9-11-7-4-5-8-13(11)12/h4-5,7-8,12,15H,3,6,9-10H2,1-2H3. The Balaban J connectivity index is 1.93. The van der Waals surface area contributed by atoms with E-state index in [1.165, 1.54) is 11.1 Å². The number of carbonyl (C=O) groups is 1. The van der Waals surface area contributed by atoms with Crippen molar-refractivity contribution in [3.8, 4) is 0 Å². The zero-order chi connectivity index (χ0) is 12.3. The van der Waals surface area contributed by atoms with Gasteiger partial charge in [-0.2, -0.15) is 0 Å². The van der Waals surface area contributed by atoms with Crippen LogP contribution in [-0.2, 0) is 16.0 Å². The molecule has 1 aliphatic rings. The maximum absolute atomic E-state index is 12.1. The third kappa shape index (κ3) is 2.58. The molecule has 2 unspecified atom stereocenters. The summed E-state index contributed by atoms with van der Waals surface area (Å²) in [5.41, 5.74) is 2.75. The number of carbonyl (C=O) groups excluding carboxylic acids is 1. The van der Waals surface area contributed by atoms with Gasteiger partial charge in [0.15, 0.2) is 5.78 Å². The van der Waals surface area contributed by atoms with E-state index >= 15 is 0 Å². The van der Waals surface area contributed by atoms with Gasteiger partial charge in [-0.25, -0.2) is 0 Å². The zero-order valence-corrected chi connectivity index (χ0v) is 10.6. The minimum Gasteiger partial charge on any atom is -0.374 e. The van der Waals surface area contributed by atoms with Crippen molar-refractivity contribution in [1.82, 2.24) is 0 Å². The van der Waals surface area contributed by atoms with E-state index < -0.39 is 0 Å². The van der Waals surface area contributed by atoms with Crippen molar-refractivity contribution in [3.05, 3.63) is 35.4 Å². The highest BCUT2D eigenvalue weighted by atomic mass is 16.5. The average Bonchev–Trinajstić information content (AvgIpc) is 2.32. The molecule has 0 spiro atoms. The van der Waals surface area contributed by atoms with E-state index in [4.69, 9.17) is 4.74 Å². The minimum absolute atomic E-state index is 0.201. The van der Waals surface area contributed by atoms with Gasteiger partial charge < -0.3 is 4.74 Å². The zero-order valence-electron chi connectivity index (χ0n) is 10.6. The Morgan fingerprint density at radius 2 is 2.24 bits per heavy atom. The molecule has 0 aromatic heterocycles. The summed E-state index contributed by atoms with van der Waals surface area (Å²) in [4.78, 5) is 12.1. The first-order valence-corrected chi connectivity index (χ1v) is 6.39. The van der Waals surface area contributed by atoms with Crippen LogP contribution in [0.1, 0.15) is 43.2 Å². The first-order chi connectivity index (χ1) is 8.26. The van der Waals surface area contributed by atoms with Crippen LogP contribution in [0.25, 0.3) is 0 Å². The summed E-state index contributed by atoms with van der Waals surface area (Å²) in [5.74, 6) is 0.682. The largest absolute Gasteiger partial charge is 0.374 e. The van der Waals surface area contributed by atoms with Crippen LogP contribution in [0.15, 0.2) is 24.3 Å². The fraction of sp³-hybridized carbons (Fsp3) is 0.533. The third-order valence-corrected chi connectivity index (χ3v) is 3.60. The highest BCUT2D eigenvalue weighted by molar-refractivity contribution is 5.84. The van der Waals surface area contributed by atoms with E-state index in [1.54, 1.807) is 7.11 Å². The first kappa shape index (κ1) is 12.3. The molecule has 0 bridgehead atoms. The molecular weight excluding hydrogens is 212 g/mol. The van der Waals surface area contributed by atoms with Crippen molar-refractivity contribution in [2.45, 2.75) is 44.6 Å². The van der Waals surface area contributed by atoms with Crippen molar-refractivity contribution in [3.63, 3.8) is 0 Å². The Labute approximate surface area is 103 Å². The van der Waals surface area contributed by atoms with Crippen molar-refractivity contribution < 1.29 is 9.53 Å². The second-order valence-corrected chi connectivity index (χ2v) is 4.78. The molecule has 2 rings (SSSR count). The predicted molar refractivity (Wildman–Crippen MR) is 68.2 cm³/mol. The summed E-state index contributed by atoms with van der Waals surface area (Å²) in [5, 5.41) is 0. The summed E-state index contributed by atoms with van der Waals surface area (Å²) < 4.78 is 5.26. The monoisotopic (exact) mass is 232 g/mol. The smallest absolute Gasteiger partial charge is 0.162 e. The molecule has 17 heavy (non-hydrogen) atoms. The van der Waals surface area contributed by atoms with Crippen molar-refractivity contribution in [2.24, 2.45) is 0 Å². The number of hydrogen-bond acceptors (Lipinski definition) is 2. The SMILES string of the molecule is CCCC(OC)C(=O)CC1Cc2ccccc21. The number of benzene rings is 1. The highest BCUT2D eigenvalue weighted by Crippen LogP contribution is 2.37. The lowest BCUT2D eigenvalue weighted by Gasteiger charge is -2.30. The molecule has 0 aliphatic heterocycles. The third-order valence-electron chi connectivity index (χ3n) is 3.60. The van der Waals surface area contributed by atoms with E-state index in [1.807, 2.05) is 0 Å². The molecule has 1 aromatic carbocycles. The van der Waals surface area contributed by atoms with Crippen LogP contribution in [0.3, 0.4) is 0 Å². The van der Waals surface area contributed by atoms with Gasteiger partial charge in [0, 0.05) is 13.5 Å². The maximum Gasteiger partial charge on any atom is 0.162 e. The van der Waals surface area contributed by atoms with Gasteiger partial charge in [0.25, 0.3) is 0 Å². The number of Topliss-reactive ketones (excluding diaryl/α,β-unsaturated/α-hetero) is 1. The van der Waals surface area contributed by atoms with E-state index in [9.17, 15) is 4.79 Å². The molecule has 2 atom stereocenters.